The average Bonchev–Trinajstić information content (AvgIpc) is 2.99. The van der Waals surface area contributed by atoms with Crippen LogP contribution in [0.4, 0.5) is 0 Å². The molecule has 0 radical (unpaired) electrons. The first kappa shape index (κ1) is 15.3. The number of carbonyl (C=O) groups excluding carboxylic acids is 1. The van der Waals surface area contributed by atoms with Gasteiger partial charge in [0, 0.05) is 17.5 Å². The second-order valence-corrected chi connectivity index (χ2v) is 5.67. The summed E-state index contributed by atoms with van der Waals surface area (Å²) in [5.74, 6) is -1.76. The van der Waals surface area contributed by atoms with Crippen LogP contribution in [0.5, 0.6) is 0 Å². The van der Waals surface area contributed by atoms with E-state index in [9.17, 15) is 14.7 Å². The lowest BCUT2D eigenvalue weighted by Gasteiger charge is -2.14. The fourth-order valence-corrected chi connectivity index (χ4v) is 2.70. The molecule has 0 saturated carbocycles. The Morgan fingerprint density at radius 2 is 2.05 bits per heavy atom. The minimum Gasteiger partial charge on any atom is -0.481 e. The lowest BCUT2D eigenvalue weighted by atomic mass is 9.96. The van der Waals surface area contributed by atoms with Crippen LogP contribution in [0, 0.1) is 12.8 Å². The molecule has 0 saturated heterocycles. The quantitative estimate of drug-likeness (QED) is 0.862. The van der Waals surface area contributed by atoms with Gasteiger partial charge in [-0.1, -0.05) is 24.3 Å². The van der Waals surface area contributed by atoms with Gasteiger partial charge in [-0.25, -0.2) is 0 Å². The Hall–Kier alpha value is -2.14. The van der Waals surface area contributed by atoms with Crippen LogP contribution in [0.25, 0.3) is 0 Å². The fourth-order valence-electron chi connectivity index (χ4n) is 2.06. The van der Waals surface area contributed by atoms with E-state index in [0.717, 1.165) is 11.1 Å². The monoisotopic (exact) mass is 303 g/mol. The van der Waals surface area contributed by atoms with Crippen molar-refractivity contribution in [2.24, 2.45) is 5.92 Å². The molecule has 5 heteroatoms. The zero-order valence-corrected chi connectivity index (χ0v) is 12.5. The van der Waals surface area contributed by atoms with Crippen molar-refractivity contribution in [2.45, 2.75) is 13.3 Å². The van der Waals surface area contributed by atoms with Crippen molar-refractivity contribution in [1.29, 1.82) is 0 Å². The van der Waals surface area contributed by atoms with Crippen LogP contribution in [0.3, 0.4) is 0 Å². The third-order valence-electron chi connectivity index (χ3n) is 3.37. The Morgan fingerprint density at radius 1 is 1.29 bits per heavy atom. The highest BCUT2D eigenvalue weighted by molar-refractivity contribution is 7.08. The van der Waals surface area contributed by atoms with Gasteiger partial charge in [0.1, 0.15) is 0 Å². The molecule has 2 N–H and O–H groups in total. The van der Waals surface area contributed by atoms with Gasteiger partial charge in [0.05, 0.1) is 5.92 Å². The maximum Gasteiger partial charge on any atom is 0.308 e. The molecule has 1 atom stereocenters. The first-order chi connectivity index (χ1) is 10.1. The molecule has 0 bridgehead atoms. The second kappa shape index (κ2) is 7.04. The number of benzene rings is 1. The lowest BCUT2D eigenvalue weighted by Crippen LogP contribution is -2.34. The number of carboxylic acids is 1. The summed E-state index contributed by atoms with van der Waals surface area (Å²) in [6.07, 6.45) is 0.409. The van der Waals surface area contributed by atoms with Crippen LogP contribution in [0.15, 0.2) is 41.1 Å². The van der Waals surface area contributed by atoms with Crippen LogP contribution < -0.4 is 5.32 Å². The highest BCUT2D eigenvalue weighted by Gasteiger charge is 2.20. The summed E-state index contributed by atoms with van der Waals surface area (Å²) >= 11 is 1.44. The predicted molar refractivity (Wildman–Crippen MR) is 82.7 cm³/mol. The van der Waals surface area contributed by atoms with Gasteiger partial charge >= 0.3 is 5.97 Å². The molecule has 0 aliphatic rings. The molecule has 0 unspecified atom stereocenters. The normalized spacial score (nSPS) is 11.9. The number of aliphatic carboxylic acids is 1. The van der Waals surface area contributed by atoms with Crippen molar-refractivity contribution in [3.63, 3.8) is 0 Å². The van der Waals surface area contributed by atoms with Crippen molar-refractivity contribution in [3.8, 4) is 0 Å². The Morgan fingerprint density at radius 3 is 2.67 bits per heavy atom. The van der Waals surface area contributed by atoms with Gasteiger partial charge in [0.2, 0.25) is 0 Å². The van der Waals surface area contributed by atoms with Crippen LogP contribution in [-0.4, -0.2) is 23.5 Å². The van der Waals surface area contributed by atoms with Gasteiger partial charge in [0.25, 0.3) is 5.91 Å². The van der Waals surface area contributed by atoms with Gasteiger partial charge < -0.3 is 10.4 Å². The third kappa shape index (κ3) is 4.16. The van der Waals surface area contributed by atoms with Crippen molar-refractivity contribution in [3.05, 3.63) is 57.8 Å². The van der Waals surface area contributed by atoms with E-state index < -0.39 is 11.9 Å². The number of aryl methyl sites for hydroxylation is 1. The van der Waals surface area contributed by atoms with Crippen molar-refractivity contribution < 1.29 is 14.7 Å². The molecule has 1 heterocycles. The molecule has 2 aromatic rings. The Labute approximate surface area is 127 Å². The molecule has 0 aliphatic heterocycles. The van der Waals surface area contributed by atoms with Crippen LogP contribution in [0.2, 0.25) is 0 Å². The molecular formula is C16H17NO3S. The molecule has 0 spiro atoms. The molecule has 1 amide bonds. The number of nitrogens with one attached hydrogen (secondary N) is 1. The summed E-state index contributed by atoms with van der Waals surface area (Å²) in [5, 5.41) is 15.6. The van der Waals surface area contributed by atoms with Gasteiger partial charge in [-0.05, 0) is 35.9 Å². The Balaban J connectivity index is 1.98. The van der Waals surface area contributed by atoms with E-state index in [-0.39, 0.29) is 12.5 Å². The first-order valence-electron chi connectivity index (χ1n) is 6.65. The summed E-state index contributed by atoms with van der Waals surface area (Å²) in [6, 6.07) is 9.42. The summed E-state index contributed by atoms with van der Waals surface area (Å²) in [4.78, 5) is 23.2. The van der Waals surface area contributed by atoms with Gasteiger partial charge in [0.15, 0.2) is 0 Å². The van der Waals surface area contributed by atoms with Gasteiger partial charge in [-0.3, -0.25) is 9.59 Å². The molecule has 1 aromatic heterocycles. The Bertz CT molecular complexity index is 622. The highest BCUT2D eigenvalue weighted by Crippen LogP contribution is 2.14. The molecule has 2 rings (SSSR count). The molecular weight excluding hydrogens is 286 g/mol. The summed E-state index contributed by atoms with van der Waals surface area (Å²) in [6.45, 7) is 2.08. The number of rotatable bonds is 6. The van der Waals surface area contributed by atoms with Crippen LogP contribution in [0.1, 0.15) is 21.5 Å². The number of carbonyl (C=O) groups is 2. The van der Waals surface area contributed by atoms with Crippen LogP contribution in [-0.2, 0) is 11.2 Å². The van der Waals surface area contributed by atoms with E-state index in [1.807, 2.05) is 36.6 Å². The maximum atomic E-state index is 11.9. The molecule has 0 aliphatic carbocycles. The minimum atomic E-state index is -0.899. The van der Waals surface area contributed by atoms with Crippen molar-refractivity contribution in [1.82, 2.24) is 5.32 Å². The molecule has 1 aromatic carbocycles. The van der Waals surface area contributed by atoms with E-state index in [4.69, 9.17) is 0 Å². The molecule has 4 nitrogen and oxygen atoms in total. The number of hydrogen-bond acceptors (Lipinski definition) is 3. The fraction of sp³-hybridized carbons (Fsp3) is 0.250. The molecule has 110 valence electrons. The summed E-state index contributed by atoms with van der Waals surface area (Å²) in [7, 11) is 0. The average molecular weight is 303 g/mol. The summed E-state index contributed by atoms with van der Waals surface area (Å²) in [5.41, 5.74) is 2.63. The SMILES string of the molecule is Cc1ccccc1C[C@H](CNC(=O)c1ccsc1)C(=O)O. The van der Waals surface area contributed by atoms with Gasteiger partial charge in [-0.2, -0.15) is 11.3 Å². The summed E-state index contributed by atoms with van der Waals surface area (Å²) < 4.78 is 0. The van der Waals surface area contributed by atoms with Crippen molar-refractivity contribution >= 4 is 23.2 Å². The third-order valence-corrected chi connectivity index (χ3v) is 4.05. The largest absolute Gasteiger partial charge is 0.481 e. The standard InChI is InChI=1S/C16H17NO3S/c1-11-4-2-3-5-12(11)8-14(16(19)20)9-17-15(18)13-6-7-21-10-13/h2-7,10,14H,8-9H2,1H3,(H,17,18)(H,19,20)/t14-/m1/s1. The van der Waals surface area contributed by atoms with E-state index in [1.54, 1.807) is 11.4 Å². The lowest BCUT2D eigenvalue weighted by molar-refractivity contribution is -0.141. The Kier molecular flexibility index (Phi) is 5.11. The van der Waals surface area contributed by atoms with Crippen LogP contribution >= 0.6 is 11.3 Å². The smallest absolute Gasteiger partial charge is 0.308 e. The topological polar surface area (TPSA) is 66.4 Å². The maximum absolute atomic E-state index is 11.9. The zero-order valence-electron chi connectivity index (χ0n) is 11.7. The number of hydrogen-bond donors (Lipinski definition) is 2. The number of thiophene rings is 1. The predicted octanol–water partition coefficient (Wildman–Crippen LogP) is 2.73. The van der Waals surface area contributed by atoms with Gasteiger partial charge in [-0.15, -0.1) is 0 Å². The first-order valence-corrected chi connectivity index (χ1v) is 7.60. The minimum absolute atomic E-state index is 0.123. The van der Waals surface area contributed by atoms with E-state index in [1.165, 1.54) is 11.3 Å². The van der Waals surface area contributed by atoms with E-state index >= 15 is 0 Å². The highest BCUT2D eigenvalue weighted by atomic mass is 32.1. The van der Waals surface area contributed by atoms with E-state index in [2.05, 4.69) is 5.32 Å². The zero-order chi connectivity index (χ0) is 15.2. The number of amides is 1. The van der Waals surface area contributed by atoms with E-state index in [0.29, 0.717) is 12.0 Å². The molecule has 0 fully saturated rings. The molecule has 21 heavy (non-hydrogen) atoms. The second-order valence-electron chi connectivity index (χ2n) is 4.89. The number of carboxylic acid groups (broad SMARTS) is 1. The van der Waals surface area contributed by atoms with Crippen molar-refractivity contribution in [2.75, 3.05) is 6.54 Å².